The number of benzene rings is 1. The van der Waals surface area contributed by atoms with Crippen LogP contribution in [-0.2, 0) is 6.42 Å². The predicted octanol–water partition coefficient (Wildman–Crippen LogP) is 2.21. The van der Waals surface area contributed by atoms with Crippen LogP contribution in [0, 0.1) is 6.92 Å². The van der Waals surface area contributed by atoms with Gasteiger partial charge in [0.1, 0.15) is 4.88 Å². The van der Waals surface area contributed by atoms with E-state index < -0.39 is 0 Å². The summed E-state index contributed by atoms with van der Waals surface area (Å²) in [5, 5.41) is 9.32. The number of guanidine groups is 1. The molecule has 0 aliphatic carbocycles. The summed E-state index contributed by atoms with van der Waals surface area (Å²) in [7, 11) is 1.73. The Morgan fingerprint density at radius 1 is 1.12 bits per heavy atom. The first-order valence-corrected chi connectivity index (χ1v) is 8.75. The van der Waals surface area contributed by atoms with E-state index in [0.717, 1.165) is 24.6 Å². The van der Waals surface area contributed by atoms with Gasteiger partial charge < -0.3 is 16.0 Å². The molecule has 1 aromatic carbocycles. The highest BCUT2D eigenvalue weighted by atomic mass is 127. The highest BCUT2D eigenvalue weighted by Crippen LogP contribution is 2.11. The Morgan fingerprint density at radius 3 is 2.44 bits per heavy atom. The summed E-state index contributed by atoms with van der Waals surface area (Å²) in [5.74, 6) is 0.651. The van der Waals surface area contributed by atoms with Crippen LogP contribution in [0.1, 0.15) is 20.9 Å². The molecule has 0 radical (unpaired) electrons. The number of nitrogens with zero attached hydrogens (tertiary/aromatic N) is 2. The average molecular weight is 473 g/mol. The number of amides is 1. The third-order valence-electron chi connectivity index (χ3n) is 3.43. The molecule has 1 heterocycles. The number of nitrogens with one attached hydrogen (secondary N) is 3. The van der Waals surface area contributed by atoms with Crippen LogP contribution >= 0.6 is 35.3 Å². The highest BCUT2D eigenvalue weighted by molar-refractivity contribution is 14.0. The summed E-state index contributed by atoms with van der Waals surface area (Å²) in [5.41, 5.74) is 3.73. The van der Waals surface area contributed by atoms with Crippen molar-refractivity contribution in [3.8, 4) is 0 Å². The van der Waals surface area contributed by atoms with Gasteiger partial charge in [0.2, 0.25) is 0 Å². The highest BCUT2D eigenvalue weighted by Gasteiger charge is 2.10. The molecule has 1 amide bonds. The Balaban J connectivity index is 0.00000312. The van der Waals surface area contributed by atoms with Gasteiger partial charge >= 0.3 is 0 Å². The maximum atomic E-state index is 12.0. The van der Waals surface area contributed by atoms with Gasteiger partial charge in [0.25, 0.3) is 5.91 Å². The second-order valence-electron chi connectivity index (χ2n) is 5.18. The first-order chi connectivity index (χ1) is 11.7. The van der Waals surface area contributed by atoms with Crippen molar-refractivity contribution in [1.82, 2.24) is 20.9 Å². The number of thiazole rings is 1. The van der Waals surface area contributed by atoms with E-state index in [1.54, 1.807) is 12.6 Å². The molecule has 2 rings (SSSR count). The van der Waals surface area contributed by atoms with E-state index in [-0.39, 0.29) is 29.9 Å². The van der Waals surface area contributed by atoms with Crippen molar-refractivity contribution in [2.24, 2.45) is 4.99 Å². The van der Waals surface area contributed by atoms with Gasteiger partial charge in [-0.25, -0.2) is 4.98 Å². The van der Waals surface area contributed by atoms with Gasteiger partial charge in [0.05, 0.1) is 11.2 Å². The molecular weight excluding hydrogens is 449 g/mol. The second-order valence-corrected chi connectivity index (χ2v) is 6.04. The van der Waals surface area contributed by atoms with Crippen molar-refractivity contribution in [2.45, 2.75) is 13.3 Å². The Morgan fingerprint density at radius 2 is 1.80 bits per heavy atom. The van der Waals surface area contributed by atoms with Crippen molar-refractivity contribution < 1.29 is 4.79 Å². The molecule has 136 valence electrons. The lowest BCUT2D eigenvalue weighted by atomic mass is 10.1. The molecule has 0 saturated carbocycles. The zero-order chi connectivity index (χ0) is 17.2. The van der Waals surface area contributed by atoms with E-state index in [1.165, 1.54) is 16.9 Å². The van der Waals surface area contributed by atoms with Gasteiger partial charge in [-0.15, -0.1) is 35.3 Å². The molecular formula is C17H24IN5OS. The largest absolute Gasteiger partial charge is 0.356 e. The minimum atomic E-state index is -0.0798. The number of aryl methyl sites for hydroxylation is 1. The van der Waals surface area contributed by atoms with Crippen LogP contribution < -0.4 is 16.0 Å². The summed E-state index contributed by atoms with van der Waals surface area (Å²) in [6, 6.07) is 10.3. The van der Waals surface area contributed by atoms with Crippen LogP contribution in [-0.4, -0.2) is 43.5 Å². The fraction of sp³-hybridized carbons (Fsp3) is 0.353. The van der Waals surface area contributed by atoms with Crippen molar-refractivity contribution >= 4 is 47.2 Å². The fourth-order valence-corrected chi connectivity index (χ4v) is 2.87. The average Bonchev–Trinajstić information content (AvgIpc) is 3.04. The summed E-state index contributed by atoms with van der Waals surface area (Å²) >= 11 is 1.36. The molecule has 0 bridgehead atoms. The maximum absolute atomic E-state index is 12.0. The number of hydrogen-bond donors (Lipinski definition) is 3. The third kappa shape index (κ3) is 7.39. The molecule has 0 saturated heterocycles. The molecule has 25 heavy (non-hydrogen) atoms. The fourth-order valence-electron chi connectivity index (χ4n) is 2.15. The van der Waals surface area contributed by atoms with Gasteiger partial charge in [0.15, 0.2) is 5.96 Å². The van der Waals surface area contributed by atoms with Gasteiger partial charge in [-0.1, -0.05) is 30.3 Å². The number of aromatic nitrogens is 1. The summed E-state index contributed by atoms with van der Waals surface area (Å²) in [6.45, 7) is 3.77. The molecule has 1 aromatic heterocycles. The predicted molar refractivity (Wildman–Crippen MR) is 114 cm³/mol. The molecule has 6 nitrogen and oxygen atoms in total. The summed E-state index contributed by atoms with van der Waals surface area (Å²) in [6.07, 6.45) is 0.933. The van der Waals surface area contributed by atoms with Crippen molar-refractivity contribution in [3.63, 3.8) is 0 Å². The SMILES string of the molecule is CN=C(NCCNC(=O)c1scnc1C)NCCc1ccccc1.I. The molecule has 0 fully saturated rings. The van der Waals surface area contributed by atoms with E-state index in [2.05, 4.69) is 38.1 Å². The van der Waals surface area contributed by atoms with Crippen LogP contribution in [0.3, 0.4) is 0 Å². The Kier molecular flexibility index (Phi) is 10.1. The van der Waals surface area contributed by atoms with Crippen LogP contribution in [0.4, 0.5) is 0 Å². The van der Waals surface area contributed by atoms with Crippen molar-refractivity contribution in [2.75, 3.05) is 26.7 Å². The van der Waals surface area contributed by atoms with Crippen LogP contribution in [0.25, 0.3) is 0 Å². The lowest BCUT2D eigenvalue weighted by Crippen LogP contribution is -2.42. The zero-order valence-corrected chi connectivity index (χ0v) is 17.6. The Hall–Kier alpha value is -1.68. The number of hydrogen-bond acceptors (Lipinski definition) is 4. The van der Waals surface area contributed by atoms with Crippen molar-refractivity contribution in [1.29, 1.82) is 0 Å². The van der Waals surface area contributed by atoms with E-state index in [1.807, 2.05) is 25.1 Å². The number of carbonyl (C=O) groups excluding carboxylic acids is 1. The monoisotopic (exact) mass is 473 g/mol. The smallest absolute Gasteiger partial charge is 0.263 e. The topological polar surface area (TPSA) is 78.4 Å². The van der Waals surface area contributed by atoms with E-state index in [0.29, 0.717) is 18.0 Å². The lowest BCUT2D eigenvalue weighted by Gasteiger charge is -2.12. The van der Waals surface area contributed by atoms with Crippen LogP contribution in [0.15, 0.2) is 40.8 Å². The molecule has 2 aromatic rings. The van der Waals surface area contributed by atoms with Crippen molar-refractivity contribution in [3.05, 3.63) is 52.0 Å². The second kappa shape index (κ2) is 11.8. The van der Waals surface area contributed by atoms with Gasteiger partial charge in [-0.05, 0) is 18.9 Å². The molecule has 0 unspecified atom stereocenters. The number of carbonyl (C=O) groups is 1. The lowest BCUT2D eigenvalue weighted by molar-refractivity contribution is 0.0957. The first-order valence-electron chi connectivity index (χ1n) is 7.87. The summed E-state index contributed by atoms with van der Waals surface area (Å²) < 4.78 is 0. The first kappa shape index (κ1) is 21.4. The molecule has 0 spiro atoms. The third-order valence-corrected chi connectivity index (χ3v) is 4.35. The van der Waals surface area contributed by atoms with Crippen LogP contribution in [0.5, 0.6) is 0 Å². The zero-order valence-electron chi connectivity index (χ0n) is 14.4. The minimum absolute atomic E-state index is 0. The molecule has 0 aliphatic heterocycles. The quantitative estimate of drug-likeness (QED) is 0.250. The minimum Gasteiger partial charge on any atom is -0.356 e. The summed E-state index contributed by atoms with van der Waals surface area (Å²) in [4.78, 5) is 20.9. The van der Waals surface area contributed by atoms with Crippen LogP contribution in [0.2, 0.25) is 0 Å². The molecule has 3 N–H and O–H groups in total. The van der Waals surface area contributed by atoms with Gasteiger partial charge in [-0.2, -0.15) is 0 Å². The molecule has 0 aliphatic rings. The van der Waals surface area contributed by atoms with Gasteiger partial charge in [0, 0.05) is 26.7 Å². The maximum Gasteiger partial charge on any atom is 0.263 e. The normalized spacial score (nSPS) is 10.7. The Bertz CT molecular complexity index is 675. The number of halogens is 1. The van der Waals surface area contributed by atoms with E-state index >= 15 is 0 Å². The molecule has 0 atom stereocenters. The van der Waals surface area contributed by atoms with E-state index in [4.69, 9.17) is 0 Å². The van der Waals surface area contributed by atoms with E-state index in [9.17, 15) is 4.79 Å². The number of aliphatic imine (C=N–C) groups is 1. The Labute approximate surface area is 169 Å². The number of rotatable bonds is 7. The van der Waals surface area contributed by atoms with Gasteiger partial charge in [-0.3, -0.25) is 9.79 Å². The molecule has 8 heteroatoms. The standard InChI is InChI=1S/C17H23N5OS.HI/c1-13-15(24-12-22-13)16(23)19-10-11-21-17(18-2)20-9-8-14-6-4-3-5-7-14;/h3-7,12H,8-11H2,1-2H3,(H,19,23)(H2,18,20,21);1H.